The third-order valence-corrected chi connectivity index (χ3v) is 3.60. The molecule has 0 aliphatic carbocycles. The number of carbonyl (C=O) groups is 1. The second kappa shape index (κ2) is 8.78. The monoisotopic (exact) mass is 342 g/mol. The minimum absolute atomic E-state index is 0.171. The Morgan fingerprint density at radius 1 is 0.920 bits per heavy atom. The van der Waals surface area contributed by atoms with E-state index < -0.39 is 0 Å². The Kier molecular flexibility index (Phi) is 6.46. The van der Waals surface area contributed by atoms with Gasteiger partial charge in [-0.3, -0.25) is 4.79 Å². The van der Waals surface area contributed by atoms with Gasteiger partial charge in [-0.25, -0.2) is 0 Å². The van der Waals surface area contributed by atoms with Crippen LogP contribution in [0.15, 0.2) is 42.5 Å². The highest BCUT2D eigenvalue weighted by Crippen LogP contribution is 2.28. The van der Waals surface area contributed by atoms with Gasteiger partial charge in [0.25, 0.3) is 0 Å². The molecule has 0 aliphatic rings. The van der Waals surface area contributed by atoms with E-state index in [2.05, 4.69) is 0 Å². The molecule has 0 saturated heterocycles. The molecule has 0 atom stereocenters. The van der Waals surface area contributed by atoms with Gasteiger partial charge in [0, 0.05) is 17.7 Å². The minimum atomic E-state index is -0.171. The van der Waals surface area contributed by atoms with Gasteiger partial charge in [-0.1, -0.05) is 0 Å². The lowest BCUT2D eigenvalue weighted by molar-refractivity contribution is 0.104. The van der Waals surface area contributed by atoms with Gasteiger partial charge in [0.1, 0.15) is 23.0 Å². The molecule has 0 spiro atoms. The van der Waals surface area contributed by atoms with Gasteiger partial charge in [0.05, 0.1) is 33.5 Å². The SMILES string of the molecule is CCOc1ccc(C=CC(=O)c2ccc(OC)cc2OC)c(OC)c1. The topological polar surface area (TPSA) is 54.0 Å². The van der Waals surface area contributed by atoms with Gasteiger partial charge in [-0.05, 0) is 43.3 Å². The van der Waals surface area contributed by atoms with E-state index in [1.165, 1.54) is 13.2 Å². The van der Waals surface area contributed by atoms with Crippen LogP contribution in [-0.4, -0.2) is 33.7 Å². The lowest BCUT2D eigenvalue weighted by Gasteiger charge is -2.09. The Morgan fingerprint density at radius 3 is 2.24 bits per heavy atom. The highest BCUT2D eigenvalue weighted by atomic mass is 16.5. The van der Waals surface area contributed by atoms with Crippen molar-refractivity contribution in [2.75, 3.05) is 27.9 Å². The van der Waals surface area contributed by atoms with Crippen LogP contribution in [0.25, 0.3) is 6.08 Å². The first-order valence-electron chi connectivity index (χ1n) is 7.88. The normalized spacial score (nSPS) is 10.6. The summed E-state index contributed by atoms with van der Waals surface area (Å²) in [5.41, 5.74) is 1.25. The summed E-state index contributed by atoms with van der Waals surface area (Å²) in [4.78, 5) is 12.5. The van der Waals surface area contributed by atoms with Crippen LogP contribution in [0.2, 0.25) is 0 Å². The molecule has 2 aromatic rings. The molecule has 2 rings (SSSR count). The Hall–Kier alpha value is -2.95. The molecule has 25 heavy (non-hydrogen) atoms. The molecule has 132 valence electrons. The van der Waals surface area contributed by atoms with Crippen LogP contribution in [-0.2, 0) is 0 Å². The lowest BCUT2D eigenvalue weighted by Crippen LogP contribution is -1.99. The number of hydrogen-bond acceptors (Lipinski definition) is 5. The summed E-state index contributed by atoms with van der Waals surface area (Å²) in [6.45, 7) is 2.50. The molecule has 0 bridgehead atoms. The van der Waals surface area contributed by atoms with Crippen molar-refractivity contribution in [3.05, 3.63) is 53.6 Å². The van der Waals surface area contributed by atoms with Crippen LogP contribution in [0.1, 0.15) is 22.8 Å². The van der Waals surface area contributed by atoms with Crippen LogP contribution in [0.4, 0.5) is 0 Å². The third-order valence-electron chi connectivity index (χ3n) is 3.60. The largest absolute Gasteiger partial charge is 0.497 e. The van der Waals surface area contributed by atoms with Crippen LogP contribution in [0.3, 0.4) is 0 Å². The maximum absolute atomic E-state index is 12.5. The first-order valence-corrected chi connectivity index (χ1v) is 7.88. The summed E-state index contributed by atoms with van der Waals surface area (Å²) in [6.07, 6.45) is 3.20. The summed E-state index contributed by atoms with van der Waals surface area (Å²) in [6, 6.07) is 10.6. The molecule has 0 amide bonds. The molecular weight excluding hydrogens is 320 g/mol. The average Bonchev–Trinajstić information content (AvgIpc) is 2.66. The summed E-state index contributed by atoms with van der Waals surface area (Å²) in [7, 11) is 4.66. The van der Waals surface area contributed by atoms with E-state index in [-0.39, 0.29) is 5.78 Å². The maximum atomic E-state index is 12.5. The van der Waals surface area contributed by atoms with Gasteiger partial charge in [0.15, 0.2) is 5.78 Å². The van der Waals surface area contributed by atoms with Crippen molar-refractivity contribution >= 4 is 11.9 Å². The average molecular weight is 342 g/mol. The van der Waals surface area contributed by atoms with Gasteiger partial charge in [-0.2, -0.15) is 0 Å². The summed E-state index contributed by atoms with van der Waals surface area (Å²) in [5, 5.41) is 0. The van der Waals surface area contributed by atoms with Crippen molar-refractivity contribution in [2.24, 2.45) is 0 Å². The van der Waals surface area contributed by atoms with Crippen LogP contribution in [0, 0.1) is 0 Å². The summed E-state index contributed by atoms with van der Waals surface area (Å²) < 4.78 is 21.2. The summed E-state index contributed by atoms with van der Waals surface area (Å²) >= 11 is 0. The van der Waals surface area contributed by atoms with Crippen molar-refractivity contribution in [1.82, 2.24) is 0 Å². The number of hydrogen-bond donors (Lipinski definition) is 0. The van der Waals surface area contributed by atoms with Crippen LogP contribution >= 0.6 is 0 Å². The van der Waals surface area contributed by atoms with E-state index in [1.807, 2.05) is 19.1 Å². The van der Waals surface area contributed by atoms with Gasteiger partial charge in [-0.15, -0.1) is 0 Å². The van der Waals surface area contributed by atoms with E-state index in [0.717, 1.165) is 11.3 Å². The second-order valence-electron chi connectivity index (χ2n) is 5.10. The zero-order valence-electron chi connectivity index (χ0n) is 14.9. The quantitative estimate of drug-likeness (QED) is 0.536. The predicted octanol–water partition coefficient (Wildman–Crippen LogP) is 4.01. The zero-order chi connectivity index (χ0) is 18.2. The van der Waals surface area contributed by atoms with E-state index >= 15 is 0 Å². The van der Waals surface area contributed by atoms with Crippen molar-refractivity contribution < 1.29 is 23.7 Å². The Morgan fingerprint density at radius 2 is 1.60 bits per heavy atom. The molecule has 2 aromatic carbocycles. The Bertz CT molecular complexity index is 765. The first kappa shape index (κ1) is 18.4. The number of benzene rings is 2. The predicted molar refractivity (Wildman–Crippen MR) is 97.1 cm³/mol. The minimum Gasteiger partial charge on any atom is -0.497 e. The fraction of sp³-hybridized carbons (Fsp3) is 0.250. The first-order chi connectivity index (χ1) is 12.1. The van der Waals surface area contributed by atoms with E-state index in [0.29, 0.717) is 29.4 Å². The third kappa shape index (κ3) is 4.53. The van der Waals surface area contributed by atoms with Crippen molar-refractivity contribution in [1.29, 1.82) is 0 Å². The number of carbonyl (C=O) groups excluding carboxylic acids is 1. The van der Waals surface area contributed by atoms with Gasteiger partial charge in [0.2, 0.25) is 0 Å². The molecule has 0 aromatic heterocycles. The van der Waals surface area contributed by atoms with Crippen molar-refractivity contribution in [3.8, 4) is 23.0 Å². The highest BCUT2D eigenvalue weighted by molar-refractivity contribution is 6.08. The molecule has 5 nitrogen and oxygen atoms in total. The molecule has 5 heteroatoms. The lowest BCUT2D eigenvalue weighted by atomic mass is 10.1. The van der Waals surface area contributed by atoms with E-state index in [4.69, 9.17) is 18.9 Å². The highest BCUT2D eigenvalue weighted by Gasteiger charge is 2.11. The molecule has 0 aliphatic heterocycles. The van der Waals surface area contributed by atoms with E-state index in [9.17, 15) is 4.79 Å². The number of ketones is 1. The molecular formula is C20H22O5. The van der Waals surface area contributed by atoms with Crippen LogP contribution < -0.4 is 18.9 Å². The zero-order valence-corrected chi connectivity index (χ0v) is 14.9. The number of rotatable bonds is 8. The van der Waals surface area contributed by atoms with Crippen molar-refractivity contribution in [2.45, 2.75) is 6.92 Å². The number of allylic oxidation sites excluding steroid dienone is 1. The van der Waals surface area contributed by atoms with Crippen LogP contribution in [0.5, 0.6) is 23.0 Å². The molecule has 0 N–H and O–H groups in total. The van der Waals surface area contributed by atoms with Crippen molar-refractivity contribution in [3.63, 3.8) is 0 Å². The number of methoxy groups -OCH3 is 3. The molecule has 0 fully saturated rings. The fourth-order valence-corrected chi connectivity index (χ4v) is 2.34. The summed E-state index contributed by atoms with van der Waals surface area (Å²) in [5.74, 6) is 2.28. The molecule has 0 saturated carbocycles. The smallest absolute Gasteiger partial charge is 0.189 e. The molecule has 0 radical (unpaired) electrons. The number of ether oxygens (including phenoxy) is 4. The van der Waals surface area contributed by atoms with Gasteiger partial charge >= 0.3 is 0 Å². The maximum Gasteiger partial charge on any atom is 0.189 e. The Balaban J connectivity index is 2.25. The Labute approximate surface area is 147 Å². The molecule has 0 heterocycles. The van der Waals surface area contributed by atoms with Gasteiger partial charge < -0.3 is 18.9 Å². The molecule has 0 unspecified atom stereocenters. The fourth-order valence-electron chi connectivity index (χ4n) is 2.34. The second-order valence-corrected chi connectivity index (χ2v) is 5.10. The van der Waals surface area contributed by atoms with E-state index in [1.54, 1.807) is 44.6 Å². The standard InChI is InChI=1S/C20H22O5/c1-5-25-16-8-6-14(19(13-16)23-3)7-11-18(21)17-10-9-15(22-2)12-20(17)24-4/h6-13H,5H2,1-4H3.